The number of aryl methyl sites for hydroxylation is 1. The first-order valence-corrected chi connectivity index (χ1v) is 11.8. The lowest BCUT2D eigenvalue weighted by molar-refractivity contribution is 0.628. The fraction of sp³-hybridized carbons (Fsp3) is 0.143. The largest absolute Gasteiger partial charge is 0.248 e. The van der Waals surface area contributed by atoms with Crippen molar-refractivity contribution in [1.82, 2.24) is 24.8 Å². The van der Waals surface area contributed by atoms with Crippen LogP contribution in [0.4, 0.5) is 4.39 Å². The Labute approximate surface area is 199 Å². The van der Waals surface area contributed by atoms with Gasteiger partial charge in [-0.1, -0.05) is 57.4 Å². The molecule has 0 amide bonds. The molecule has 0 unspecified atom stereocenters. The second-order valence-corrected chi connectivity index (χ2v) is 9.62. The molecule has 0 N–H and O–H groups in total. The molecule has 0 saturated carbocycles. The van der Waals surface area contributed by atoms with E-state index >= 15 is 0 Å². The number of pyridine rings is 1. The lowest BCUT2D eigenvalue weighted by Gasteiger charge is -2.10. The van der Waals surface area contributed by atoms with Crippen LogP contribution >= 0.6 is 50.5 Å². The molecule has 3 aromatic heterocycles. The molecule has 0 aliphatic rings. The van der Waals surface area contributed by atoms with Crippen LogP contribution in [0.2, 0.25) is 10.0 Å². The maximum absolute atomic E-state index is 14.2. The van der Waals surface area contributed by atoms with Gasteiger partial charge < -0.3 is 0 Å². The van der Waals surface area contributed by atoms with E-state index in [1.165, 1.54) is 23.5 Å². The topological polar surface area (TPSA) is 56.0 Å². The second-order valence-electron chi connectivity index (χ2n) is 6.93. The highest BCUT2D eigenvalue weighted by atomic mass is 79.9. The number of rotatable bonds is 4. The molecule has 5 aromatic rings. The fourth-order valence-corrected chi connectivity index (χ4v) is 5.11. The quantitative estimate of drug-likeness (QED) is 0.227. The van der Waals surface area contributed by atoms with Crippen LogP contribution in [-0.2, 0) is 6.42 Å². The number of hydrogen-bond donors (Lipinski definition) is 0. The maximum atomic E-state index is 14.2. The zero-order chi connectivity index (χ0) is 21.7. The summed E-state index contributed by atoms with van der Waals surface area (Å²) in [5.41, 5.74) is 2.59. The van der Waals surface area contributed by atoms with Crippen molar-refractivity contribution < 1.29 is 4.39 Å². The Balaban J connectivity index is 1.77. The molecule has 5 rings (SSSR count). The molecule has 31 heavy (non-hydrogen) atoms. The summed E-state index contributed by atoms with van der Waals surface area (Å²) in [4.78, 5) is 5.44. The molecule has 0 atom stereocenters. The van der Waals surface area contributed by atoms with Crippen molar-refractivity contribution in [2.75, 3.05) is 0 Å². The van der Waals surface area contributed by atoms with Crippen LogP contribution in [0.5, 0.6) is 0 Å². The molecular formula is C21H13BrCl2FN5S. The monoisotopic (exact) mass is 535 g/mol. The second kappa shape index (κ2) is 8.09. The first-order chi connectivity index (χ1) is 14.9. The van der Waals surface area contributed by atoms with Gasteiger partial charge in [-0.3, -0.25) is 0 Å². The van der Waals surface area contributed by atoms with Crippen molar-refractivity contribution >= 4 is 66.3 Å². The van der Waals surface area contributed by atoms with Crippen molar-refractivity contribution in [3.63, 3.8) is 0 Å². The maximum Gasteiger partial charge on any atom is 0.234 e. The fourth-order valence-electron chi connectivity index (χ4n) is 3.38. The van der Waals surface area contributed by atoms with Crippen LogP contribution in [0.25, 0.3) is 37.7 Å². The number of nitrogens with zero attached hydrogens (tertiary/aromatic N) is 5. The van der Waals surface area contributed by atoms with Gasteiger partial charge in [0.15, 0.2) is 5.82 Å². The van der Waals surface area contributed by atoms with E-state index in [2.05, 4.69) is 33.1 Å². The van der Waals surface area contributed by atoms with Crippen LogP contribution in [0.15, 0.2) is 40.9 Å². The highest BCUT2D eigenvalue weighted by molar-refractivity contribution is 9.10. The first-order valence-electron chi connectivity index (χ1n) is 9.41. The molecule has 10 heteroatoms. The van der Waals surface area contributed by atoms with E-state index in [0.29, 0.717) is 16.3 Å². The summed E-state index contributed by atoms with van der Waals surface area (Å²) in [6.45, 7) is 2.09. The number of fused-ring (bicyclic) bond motifs is 2. The molecule has 0 aliphatic carbocycles. The molecule has 0 aliphatic heterocycles. The lowest BCUT2D eigenvalue weighted by Crippen LogP contribution is -1.96. The Hall–Kier alpha value is -2.13. The number of halogens is 4. The van der Waals surface area contributed by atoms with E-state index < -0.39 is 5.82 Å². The Bertz CT molecular complexity index is 1470. The third-order valence-electron chi connectivity index (χ3n) is 4.82. The predicted molar refractivity (Wildman–Crippen MR) is 127 cm³/mol. The van der Waals surface area contributed by atoms with Gasteiger partial charge in [-0.25, -0.2) is 9.37 Å². The van der Waals surface area contributed by atoms with E-state index in [1.54, 1.807) is 4.52 Å². The Kier molecular flexibility index (Phi) is 5.42. The van der Waals surface area contributed by atoms with Crippen LogP contribution in [0.3, 0.4) is 0 Å². The Morgan fingerprint density at radius 3 is 2.71 bits per heavy atom. The van der Waals surface area contributed by atoms with Crippen LogP contribution < -0.4 is 0 Å². The molecule has 5 nitrogen and oxygen atoms in total. The van der Waals surface area contributed by atoms with Crippen molar-refractivity contribution in [3.8, 4) is 21.8 Å². The van der Waals surface area contributed by atoms with Crippen molar-refractivity contribution in [2.45, 2.75) is 19.8 Å². The Morgan fingerprint density at radius 1 is 1.06 bits per heavy atom. The smallest absolute Gasteiger partial charge is 0.234 e. The third-order valence-corrected chi connectivity index (χ3v) is 6.84. The van der Waals surface area contributed by atoms with Crippen molar-refractivity contribution in [1.29, 1.82) is 0 Å². The Morgan fingerprint density at radius 2 is 1.90 bits per heavy atom. The summed E-state index contributed by atoms with van der Waals surface area (Å²) in [6, 6.07) is 10.4. The van der Waals surface area contributed by atoms with Gasteiger partial charge in [0, 0.05) is 27.4 Å². The van der Waals surface area contributed by atoms with Crippen LogP contribution in [-0.4, -0.2) is 24.8 Å². The van der Waals surface area contributed by atoms with Gasteiger partial charge >= 0.3 is 0 Å². The van der Waals surface area contributed by atoms with Gasteiger partial charge in [0.1, 0.15) is 10.8 Å². The SMILES string of the molecule is CCCc1nnc2sc(-c3cc(-c4cc(F)c(Cl)cc4Cl)nc4ccc(Br)cc34)nn12. The minimum atomic E-state index is -0.552. The van der Waals surface area contributed by atoms with Crippen LogP contribution in [0, 0.1) is 5.82 Å². The molecule has 0 fully saturated rings. The van der Waals surface area contributed by atoms with Gasteiger partial charge in [-0.15, -0.1) is 10.2 Å². The first kappa shape index (κ1) is 20.8. The molecule has 0 radical (unpaired) electrons. The minimum Gasteiger partial charge on any atom is -0.248 e. The number of benzene rings is 2. The van der Waals surface area contributed by atoms with Gasteiger partial charge in [0.2, 0.25) is 4.96 Å². The molecule has 0 bridgehead atoms. The van der Waals surface area contributed by atoms with Gasteiger partial charge in [-0.2, -0.15) is 9.61 Å². The minimum absolute atomic E-state index is 0.0317. The van der Waals surface area contributed by atoms with Crippen molar-refractivity contribution in [3.05, 3.63) is 62.6 Å². The zero-order valence-electron chi connectivity index (χ0n) is 16.0. The summed E-state index contributed by atoms with van der Waals surface area (Å²) in [5, 5.41) is 15.2. The average Bonchev–Trinajstić information content (AvgIpc) is 3.32. The van der Waals surface area contributed by atoms with Gasteiger partial charge in [0.25, 0.3) is 0 Å². The molecular weight excluding hydrogens is 524 g/mol. The highest BCUT2D eigenvalue weighted by Gasteiger charge is 2.18. The predicted octanol–water partition coefficient (Wildman–Crippen LogP) is 7.23. The lowest BCUT2D eigenvalue weighted by atomic mass is 10.0. The van der Waals surface area contributed by atoms with E-state index in [9.17, 15) is 4.39 Å². The number of aromatic nitrogens is 5. The summed E-state index contributed by atoms with van der Waals surface area (Å²) < 4.78 is 16.9. The summed E-state index contributed by atoms with van der Waals surface area (Å²) in [5.74, 6) is 0.269. The van der Waals surface area contributed by atoms with E-state index in [-0.39, 0.29) is 5.02 Å². The van der Waals surface area contributed by atoms with E-state index in [4.69, 9.17) is 33.3 Å². The third kappa shape index (κ3) is 3.71. The zero-order valence-corrected chi connectivity index (χ0v) is 19.9. The van der Waals surface area contributed by atoms with Crippen molar-refractivity contribution in [2.24, 2.45) is 0 Å². The van der Waals surface area contributed by atoms with Gasteiger partial charge in [0.05, 0.1) is 21.3 Å². The highest BCUT2D eigenvalue weighted by Crippen LogP contribution is 2.38. The average molecular weight is 537 g/mol. The molecule has 2 aromatic carbocycles. The summed E-state index contributed by atoms with van der Waals surface area (Å²) in [6.07, 6.45) is 1.74. The molecule has 156 valence electrons. The molecule has 0 spiro atoms. The molecule has 3 heterocycles. The normalized spacial score (nSPS) is 11.6. The van der Waals surface area contributed by atoms with E-state index in [0.717, 1.165) is 49.6 Å². The number of hydrogen-bond acceptors (Lipinski definition) is 5. The van der Waals surface area contributed by atoms with Crippen LogP contribution in [0.1, 0.15) is 19.2 Å². The summed E-state index contributed by atoms with van der Waals surface area (Å²) >= 11 is 17.2. The van der Waals surface area contributed by atoms with Gasteiger partial charge in [-0.05, 0) is 42.8 Å². The molecule has 0 saturated heterocycles. The summed E-state index contributed by atoms with van der Waals surface area (Å²) in [7, 11) is 0. The van der Waals surface area contributed by atoms with E-state index in [1.807, 2.05) is 24.3 Å². The standard InChI is InChI=1S/C21H13BrCl2FN5S/c1-2-3-19-27-28-21-30(19)29-20(31-21)12-8-18(13-7-16(25)15(24)9-14(13)23)26-17-5-4-10(22)6-11(12)17/h4-9H,2-3H2,1H3.